The summed E-state index contributed by atoms with van der Waals surface area (Å²) in [6.07, 6.45) is 3.77. The molecule has 0 atom stereocenters. The normalized spacial score (nSPS) is 11.2. The minimum absolute atomic E-state index is 0.103. The SMILES string of the molecule is Cc1cc(OCc2c(F)cccc2F)c2nc(C)c(-c3ccc(C)nc3)n2c1. The Morgan fingerprint density at radius 3 is 2.46 bits per heavy atom. The number of hydrogen-bond acceptors (Lipinski definition) is 3. The first-order valence-electron chi connectivity index (χ1n) is 8.92. The van der Waals surface area contributed by atoms with Crippen LogP contribution in [0, 0.1) is 32.4 Å². The number of aromatic nitrogens is 3. The van der Waals surface area contributed by atoms with Gasteiger partial charge in [0.1, 0.15) is 18.2 Å². The van der Waals surface area contributed by atoms with E-state index < -0.39 is 11.6 Å². The van der Waals surface area contributed by atoms with Crippen LogP contribution < -0.4 is 4.74 Å². The molecule has 0 fully saturated rings. The molecule has 0 radical (unpaired) electrons. The van der Waals surface area contributed by atoms with Crippen LogP contribution in [0.2, 0.25) is 0 Å². The second kappa shape index (κ2) is 7.03. The second-order valence-electron chi connectivity index (χ2n) is 6.80. The number of nitrogens with zero attached hydrogens (tertiary/aromatic N) is 3. The van der Waals surface area contributed by atoms with Crippen molar-refractivity contribution in [2.45, 2.75) is 27.4 Å². The molecule has 3 heterocycles. The minimum atomic E-state index is -0.630. The van der Waals surface area contributed by atoms with E-state index in [0.29, 0.717) is 11.4 Å². The summed E-state index contributed by atoms with van der Waals surface area (Å²) in [5, 5.41) is 0. The molecule has 4 rings (SSSR count). The van der Waals surface area contributed by atoms with Crippen molar-refractivity contribution < 1.29 is 13.5 Å². The number of aryl methyl sites for hydroxylation is 3. The van der Waals surface area contributed by atoms with E-state index in [4.69, 9.17) is 4.74 Å². The van der Waals surface area contributed by atoms with E-state index in [1.54, 1.807) is 0 Å². The number of ether oxygens (including phenoxy) is 1. The molecule has 0 bridgehead atoms. The smallest absolute Gasteiger partial charge is 0.180 e. The second-order valence-corrected chi connectivity index (χ2v) is 6.80. The van der Waals surface area contributed by atoms with Crippen LogP contribution in [-0.2, 0) is 6.61 Å². The van der Waals surface area contributed by atoms with E-state index in [-0.39, 0.29) is 12.2 Å². The maximum atomic E-state index is 13.9. The number of pyridine rings is 2. The van der Waals surface area contributed by atoms with Gasteiger partial charge in [-0.05, 0) is 56.7 Å². The molecule has 0 aliphatic heterocycles. The van der Waals surface area contributed by atoms with Crippen LogP contribution >= 0.6 is 0 Å². The van der Waals surface area contributed by atoms with Gasteiger partial charge in [-0.15, -0.1) is 0 Å². The largest absolute Gasteiger partial charge is 0.485 e. The minimum Gasteiger partial charge on any atom is -0.485 e. The maximum Gasteiger partial charge on any atom is 0.180 e. The maximum absolute atomic E-state index is 13.9. The summed E-state index contributed by atoms with van der Waals surface area (Å²) in [5.74, 6) is -0.790. The number of fused-ring (bicyclic) bond motifs is 1. The van der Waals surface area contributed by atoms with E-state index >= 15 is 0 Å². The van der Waals surface area contributed by atoms with Gasteiger partial charge < -0.3 is 4.74 Å². The zero-order valence-corrected chi connectivity index (χ0v) is 15.8. The Hall–Kier alpha value is -3.28. The highest BCUT2D eigenvalue weighted by molar-refractivity contribution is 5.70. The van der Waals surface area contributed by atoms with E-state index in [9.17, 15) is 8.78 Å². The number of imidazole rings is 1. The Morgan fingerprint density at radius 1 is 1.04 bits per heavy atom. The lowest BCUT2D eigenvalue weighted by molar-refractivity contribution is 0.294. The third-order valence-corrected chi connectivity index (χ3v) is 4.62. The van der Waals surface area contributed by atoms with Crippen LogP contribution in [0.1, 0.15) is 22.5 Å². The third kappa shape index (κ3) is 3.22. The highest BCUT2D eigenvalue weighted by Gasteiger charge is 2.17. The third-order valence-electron chi connectivity index (χ3n) is 4.62. The monoisotopic (exact) mass is 379 g/mol. The first kappa shape index (κ1) is 18.1. The predicted molar refractivity (Wildman–Crippen MR) is 103 cm³/mol. The summed E-state index contributed by atoms with van der Waals surface area (Å²) in [6, 6.07) is 9.53. The van der Waals surface area contributed by atoms with Gasteiger partial charge >= 0.3 is 0 Å². The summed E-state index contributed by atoms with van der Waals surface area (Å²) in [7, 11) is 0. The van der Waals surface area contributed by atoms with E-state index in [1.807, 2.05) is 55.8 Å². The van der Waals surface area contributed by atoms with Crippen molar-refractivity contribution in [3.05, 3.63) is 82.9 Å². The predicted octanol–water partition coefficient (Wildman–Crippen LogP) is 5.18. The number of benzene rings is 1. The van der Waals surface area contributed by atoms with E-state index in [1.165, 1.54) is 18.2 Å². The molecule has 1 aromatic carbocycles. The van der Waals surface area contributed by atoms with E-state index in [0.717, 1.165) is 28.2 Å². The molecule has 0 amide bonds. The molecule has 4 nitrogen and oxygen atoms in total. The van der Waals surface area contributed by atoms with Gasteiger partial charge in [-0.3, -0.25) is 9.38 Å². The highest BCUT2D eigenvalue weighted by Crippen LogP contribution is 2.30. The molecular weight excluding hydrogens is 360 g/mol. The molecule has 0 N–H and O–H groups in total. The molecule has 0 unspecified atom stereocenters. The summed E-state index contributed by atoms with van der Waals surface area (Å²) < 4.78 is 35.6. The molecule has 0 aliphatic rings. The summed E-state index contributed by atoms with van der Waals surface area (Å²) in [4.78, 5) is 9.00. The van der Waals surface area contributed by atoms with Crippen molar-refractivity contribution in [1.82, 2.24) is 14.4 Å². The van der Waals surface area contributed by atoms with Gasteiger partial charge in [0.25, 0.3) is 0 Å². The Bertz CT molecular complexity index is 1150. The Balaban J connectivity index is 1.78. The average Bonchev–Trinajstić information content (AvgIpc) is 2.98. The molecule has 4 aromatic rings. The van der Waals surface area contributed by atoms with Crippen molar-refractivity contribution in [1.29, 1.82) is 0 Å². The fraction of sp³-hybridized carbons (Fsp3) is 0.182. The van der Waals surface area contributed by atoms with Crippen LogP contribution in [0.5, 0.6) is 5.75 Å². The molecule has 28 heavy (non-hydrogen) atoms. The first-order chi connectivity index (χ1) is 13.4. The molecule has 0 saturated carbocycles. The molecular formula is C22H19F2N3O. The van der Waals surface area contributed by atoms with Crippen molar-refractivity contribution in [3.63, 3.8) is 0 Å². The first-order valence-corrected chi connectivity index (χ1v) is 8.92. The summed E-state index contributed by atoms with van der Waals surface area (Å²) in [6.45, 7) is 5.56. The molecule has 0 spiro atoms. The number of halogens is 2. The molecule has 0 aliphatic carbocycles. The lowest BCUT2D eigenvalue weighted by Crippen LogP contribution is -2.03. The van der Waals surface area contributed by atoms with Crippen LogP contribution in [0.15, 0.2) is 48.8 Å². The highest BCUT2D eigenvalue weighted by atomic mass is 19.1. The fourth-order valence-electron chi connectivity index (χ4n) is 3.24. The van der Waals surface area contributed by atoms with Crippen LogP contribution in [0.3, 0.4) is 0 Å². The summed E-state index contributed by atoms with van der Waals surface area (Å²) in [5.41, 5.74) is 5.03. The average molecular weight is 379 g/mol. The van der Waals surface area contributed by atoms with Crippen LogP contribution in [0.25, 0.3) is 16.9 Å². The van der Waals surface area contributed by atoms with Gasteiger partial charge in [0.2, 0.25) is 0 Å². The van der Waals surface area contributed by atoms with Gasteiger partial charge in [0.15, 0.2) is 11.4 Å². The quantitative estimate of drug-likeness (QED) is 0.491. The van der Waals surface area contributed by atoms with Gasteiger partial charge in [-0.2, -0.15) is 0 Å². The zero-order chi connectivity index (χ0) is 19.8. The Morgan fingerprint density at radius 2 is 1.79 bits per heavy atom. The number of rotatable bonds is 4. The molecule has 0 saturated heterocycles. The van der Waals surface area contributed by atoms with Crippen molar-refractivity contribution in [2.75, 3.05) is 0 Å². The fourth-order valence-corrected chi connectivity index (χ4v) is 3.24. The van der Waals surface area contributed by atoms with Gasteiger partial charge in [-0.1, -0.05) is 6.07 Å². The van der Waals surface area contributed by atoms with Crippen LogP contribution in [0.4, 0.5) is 8.78 Å². The van der Waals surface area contributed by atoms with Gasteiger partial charge in [0, 0.05) is 23.7 Å². The molecule has 6 heteroatoms. The standard InChI is InChI=1S/C22H19F2N3O/c1-13-9-20(28-12-17-18(23)5-4-6-19(17)24)22-26-15(3)21(27(22)11-13)16-8-7-14(2)25-10-16/h4-11H,12H2,1-3H3. The Labute approximate surface area is 161 Å². The molecule has 142 valence electrons. The lowest BCUT2D eigenvalue weighted by Gasteiger charge is -2.11. The lowest BCUT2D eigenvalue weighted by atomic mass is 10.1. The van der Waals surface area contributed by atoms with Crippen molar-refractivity contribution in [2.24, 2.45) is 0 Å². The topological polar surface area (TPSA) is 39.4 Å². The molecule has 3 aromatic heterocycles. The Kier molecular flexibility index (Phi) is 4.55. The van der Waals surface area contributed by atoms with Crippen LogP contribution in [-0.4, -0.2) is 14.4 Å². The van der Waals surface area contributed by atoms with Gasteiger partial charge in [0.05, 0.1) is 17.0 Å². The van der Waals surface area contributed by atoms with Gasteiger partial charge in [-0.25, -0.2) is 13.8 Å². The van der Waals surface area contributed by atoms with Crippen molar-refractivity contribution in [3.8, 4) is 17.0 Å². The van der Waals surface area contributed by atoms with Crippen molar-refractivity contribution >= 4 is 5.65 Å². The summed E-state index contributed by atoms with van der Waals surface area (Å²) >= 11 is 0. The number of hydrogen-bond donors (Lipinski definition) is 0. The van der Waals surface area contributed by atoms with E-state index in [2.05, 4.69) is 9.97 Å². The zero-order valence-electron chi connectivity index (χ0n) is 15.8.